The molecule has 0 aromatic carbocycles. The van der Waals surface area contributed by atoms with Crippen LogP contribution in [0, 0.1) is 23.7 Å². The number of esters is 1. The second-order valence-corrected chi connectivity index (χ2v) is 11.9. The molecule has 1 saturated heterocycles. The van der Waals surface area contributed by atoms with Crippen LogP contribution in [-0.4, -0.2) is 60.5 Å². The average Bonchev–Trinajstić information content (AvgIpc) is 2.75. The monoisotopic (exact) mass is 474 g/mol. The molecule has 4 aliphatic rings. The van der Waals surface area contributed by atoms with Crippen LogP contribution in [0.4, 0.5) is 4.79 Å². The summed E-state index contributed by atoms with van der Waals surface area (Å²) in [5, 5.41) is 3.43. The van der Waals surface area contributed by atoms with Crippen molar-refractivity contribution in [1.29, 1.82) is 0 Å². The number of hydrogen-bond donors (Lipinski definition) is 1. The minimum Gasteiger partial charge on any atom is -0.460 e. The highest BCUT2D eigenvalue weighted by Gasteiger charge is 2.43. The summed E-state index contributed by atoms with van der Waals surface area (Å²) in [6.07, 6.45) is 7.33. The second kappa shape index (κ2) is 9.92. The van der Waals surface area contributed by atoms with Gasteiger partial charge in [-0.15, -0.1) is 0 Å². The van der Waals surface area contributed by atoms with Gasteiger partial charge in [0.15, 0.2) is 6.04 Å². The zero-order valence-corrected chi connectivity index (χ0v) is 21.6. The van der Waals surface area contributed by atoms with E-state index in [9.17, 15) is 9.59 Å². The van der Waals surface area contributed by atoms with Crippen LogP contribution in [0.3, 0.4) is 0 Å². The van der Waals surface area contributed by atoms with E-state index in [4.69, 9.17) is 14.2 Å². The Kier molecular flexibility index (Phi) is 7.32. The number of nitrogens with zero attached hydrogens (tertiary/aromatic N) is 1. The van der Waals surface area contributed by atoms with Gasteiger partial charge in [0.05, 0.1) is 12.7 Å². The Labute approximate surface area is 204 Å². The van der Waals surface area contributed by atoms with Crippen LogP contribution in [0.1, 0.15) is 67.2 Å². The van der Waals surface area contributed by atoms with Crippen molar-refractivity contribution in [3.05, 3.63) is 23.4 Å². The summed E-state index contributed by atoms with van der Waals surface area (Å²) >= 11 is 0. The SMILES string of the molecule is CC(C)[C@@H]1CC[C@@H](C)C[C@H]1OC(=O)C1C=C2C=C3NCCOC3CC2CN1C(=O)OC(C)(C)C. The third kappa shape index (κ3) is 5.61. The summed E-state index contributed by atoms with van der Waals surface area (Å²) < 4.78 is 17.8. The summed E-state index contributed by atoms with van der Waals surface area (Å²) in [6, 6.07) is -0.788. The lowest BCUT2D eigenvalue weighted by molar-refractivity contribution is -0.160. The first-order valence-electron chi connectivity index (χ1n) is 13.0. The first kappa shape index (κ1) is 25.1. The normalized spacial score (nSPS) is 33.7. The quantitative estimate of drug-likeness (QED) is 0.610. The lowest BCUT2D eigenvalue weighted by Crippen LogP contribution is -2.54. The first-order chi connectivity index (χ1) is 16.0. The van der Waals surface area contributed by atoms with Crippen molar-refractivity contribution in [3.8, 4) is 0 Å². The maximum Gasteiger partial charge on any atom is 0.411 e. The summed E-state index contributed by atoms with van der Waals surface area (Å²) in [7, 11) is 0. The number of amides is 1. The zero-order chi connectivity index (χ0) is 24.6. The van der Waals surface area contributed by atoms with E-state index in [2.05, 4.69) is 32.2 Å². The molecule has 0 radical (unpaired) electrons. The van der Waals surface area contributed by atoms with Crippen molar-refractivity contribution in [2.45, 2.75) is 91.1 Å². The van der Waals surface area contributed by atoms with Gasteiger partial charge in [-0.3, -0.25) is 4.90 Å². The number of rotatable bonds is 3. The average molecular weight is 475 g/mol. The van der Waals surface area contributed by atoms with Crippen molar-refractivity contribution >= 4 is 12.1 Å². The topological polar surface area (TPSA) is 77.1 Å². The molecule has 2 heterocycles. The molecule has 2 aliphatic heterocycles. The lowest BCUT2D eigenvalue weighted by atomic mass is 9.75. The van der Waals surface area contributed by atoms with Crippen molar-refractivity contribution in [3.63, 3.8) is 0 Å². The van der Waals surface area contributed by atoms with Gasteiger partial charge in [-0.2, -0.15) is 0 Å². The summed E-state index contributed by atoms with van der Waals surface area (Å²) in [5.41, 5.74) is 1.49. The van der Waals surface area contributed by atoms with E-state index >= 15 is 0 Å². The lowest BCUT2D eigenvalue weighted by Gasteiger charge is -2.43. The van der Waals surface area contributed by atoms with E-state index in [0.717, 1.165) is 37.1 Å². The van der Waals surface area contributed by atoms with Gasteiger partial charge in [0.25, 0.3) is 0 Å². The molecule has 0 bridgehead atoms. The molecule has 34 heavy (non-hydrogen) atoms. The van der Waals surface area contributed by atoms with E-state index in [1.165, 1.54) is 6.42 Å². The predicted octanol–water partition coefficient (Wildman–Crippen LogP) is 4.43. The highest BCUT2D eigenvalue weighted by Crippen LogP contribution is 2.38. The summed E-state index contributed by atoms with van der Waals surface area (Å²) in [5.74, 6) is 1.07. The second-order valence-electron chi connectivity index (χ2n) is 11.9. The number of hydrogen-bond acceptors (Lipinski definition) is 6. The Morgan fingerprint density at radius 2 is 1.97 bits per heavy atom. The summed E-state index contributed by atoms with van der Waals surface area (Å²) in [4.78, 5) is 28.4. The number of allylic oxidation sites excluding steroid dienone is 1. The summed E-state index contributed by atoms with van der Waals surface area (Å²) in [6.45, 7) is 14.0. The number of ether oxygens (including phenoxy) is 3. The number of morpholine rings is 1. The smallest absolute Gasteiger partial charge is 0.411 e. The standard InChI is InChI=1S/C27H42N2O5/c1-16(2)20-8-7-17(3)11-23(20)33-25(30)22-13-18-12-21-24(32-10-9-28-21)14-19(18)15-29(22)26(31)34-27(4,5)6/h12-13,16-17,19-20,22-24,28H,7-11,14-15H2,1-6H3/t17-,19?,20+,22?,23-,24?/m1/s1. The van der Waals surface area contributed by atoms with Gasteiger partial charge in [-0.1, -0.05) is 27.2 Å². The Morgan fingerprint density at radius 3 is 2.68 bits per heavy atom. The van der Waals surface area contributed by atoms with Gasteiger partial charge >= 0.3 is 12.1 Å². The fourth-order valence-electron chi connectivity index (χ4n) is 5.79. The number of carbonyl (C=O) groups excluding carboxylic acids is 2. The maximum absolute atomic E-state index is 13.6. The third-order valence-electron chi connectivity index (χ3n) is 7.59. The predicted molar refractivity (Wildman–Crippen MR) is 130 cm³/mol. The molecule has 2 fully saturated rings. The fourth-order valence-corrected chi connectivity index (χ4v) is 5.79. The molecule has 190 valence electrons. The molecular weight excluding hydrogens is 432 g/mol. The maximum atomic E-state index is 13.6. The molecular formula is C27H42N2O5. The first-order valence-corrected chi connectivity index (χ1v) is 13.0. The van der Waals surface area contributed by atoms with Crippen LogP contribution >= 0.6 is 0 Å². The minimum absolute atomic E-state index is 0.00964. The van der Waals surface area contributed by atoms with E-state index in [1.807, 2.05) is 26.8 Å². The molecule has 1 amide bonds. The number of fused-ring (bicyclic) bond motifs is 2. The molecule has 1 N–H and O–H groups in total. The highest BCUT2D eigenvalue weighted by atomic mass is 16.6. The highest BCUT2D eigenvalue weighted by molar-refractivity contribution is 5.84. The van der Waals surface area contributed by atoms with Crippen molar-refractivity contribution < 1.29 is 23.8 Å². The molecule has 2 aliphatic carbocycles. The van der Waals surface area contributed by atoms with E-state index in [0.29, 0.717) is 30.9 Å². The molecule has 0 spiro atoms. The van der Waals surface area contributed by atoms with Gasteiger partial charge in [-0.05, 0) is 75.5 Å². The van der Waals surface area contributed by atoms with Crippen LogP contribution in [0.5, 0.6) is 0 Å². The molecule has 3 unspecified atom stereocenters. The minimum atomic E-state index is -0.788. The van der Waals surface area contributed by atoms with Crippen molar-refractivity contribution in [2.75, 3.05) is 19.7 Å². The van der Waals surface area contributed by atoms with Gasteiger partial charge in [-0.25, -0.2) is 9.59 Å². The van der Waals surface area contributed by atoms with Crippen LogP contribution in [0.2, 0.25) is 0 Å². The van der Waals surface area contributed by atoms with Crippen LogP contribution in [0.25, 0.3) is 0 Å². The fraction of sp³-hybridized carbons (Fsp3) is 0.778. The Bertz CT molecular complexity index is 842. The number of carbonyl (C=O) groups is 2. The van der Waals surface area contributed by atoms with E-state index in [1.54, 1.807) is 4.90 Å². The van der Waals surface area contributed by atoms with Gasteiger partial charge in [0, 0.05) is 24.7 Å². The molecule has 7 heteroatoms. The van der Waals surface area contributed by atoms with Gasteiger partial charge < -0.3 is 19.5 Å². The Balaban J connectivity index is 1.60. The van der Waals surface area contributed by atoms with Gasteiger partial charge in [0.2, 0.25) is 0 Å². The van der Waals surface area contributed by atoms with E-state index in [-0.39, 0.29) is 24.1 Å². The van der Waals surface area contributed by atoms with Crippen LogP contribution in [0.15, 0.2) is 23.4 Å². The zero-order valence-electron chi connectivity index (χ0n) is 21.6. The number of nitrogens with one attached hydrogen (secondary N) is 1. The van der Waals surface area contributed by atoms with Crippen molar-refractivity contribution in [2.24, 2.45) is 23.7 Å². The molecule has 7 nitrogen and oxygen atoms in total. The molecule has 4 rings (SSSR count). The van der Waals surface area contributed by atoms with Crippen LogP contribution < -0.4 is 5.32 Å². The third-order valence-corrected chi connectivity index (χ3v) is 7.59. The van der Waals surface area contributed by atoms with Gasteiger partial charge in [0.1, 0.15) is 11.7 Å². The van der Waals surface area contributed by atoms with Crippen LogP contribution in [-0.2, 0) is 19.0 Å². The Hall–Kier alpha value is -2.02. The van der Waals surface area contributed by atoms with Crippen molar-refractivity contribution in [1.82, 2.24) is 10.2 Å². The molecule has 1 saturated carbocycles. The Morgan fingerprint density at radius 1 is 1.21 bits per heavy atom. The molecule has 6 atom stereocenters. The molecule has 0 aromatic heterocycles. The largest absolute Gasteiger partial charge is 0.460 e. The van der Waals surface area contributed by atoms with E-state index < -0.39 is 17.7 Å². The molecule has 0 aromatic rings.